The number of benzene rings is 1. The lowest BCUT2D eigenvalue weighted by Gasteiger charge is -2.39. The molecular weight excluding hydrogens is 699 g/mol. The number of fused-ring (bicyclic) bond motifs is 2. The van der Waals surface area contributed by atoms with Gasteiger partial charge in [-0.3, -0.25) is 4.79 Å². The molecule has 2 unspecified atom stereocenters. The van der Waals surface area contributed by atoms with Crippen LogP contribution in [0.3, 0.4) is 0 Å². The molecule has 1 aliphatic carbocycles. The summed E-state index contributed by atoms with van der Waals surface area (Å²) in [6.07, 6.45) is 6.30. The van der Waals surface area contributed by atoms with E-state index in [2.05, 4.69) is 19.9 Å². The second-order valence-electron chi connectivity index (χ2n) is 9.14. The number of aryl methyl sites for hydroxylation is 1. The number of ether oxygens (including phenoxy) is 4. The average Bonchev–Trinajstić information content (AvgIpc) is 3.71. The third-order valence-corrected chi connectivity index (χ3v) is 7.05. The van der Waals surface area contributed by atoms with Crippen LogP contribution in [-0.2, 0) is 31.8 Å². The normalized spacial score (nSPS) is 15.5. The molecule has 1 aromatic carbocycles. The number of phenolic OH excluding ortho intramolecular Hbond substituents is 1. The number of rotatable bonds is 6. The largest absolute Gasteiger partial charge is 0.507 e. The third-order valence-electron chi connectivity index (χ3n) is 7.05. The van der Waals surface area contributed by atoms with E-state index in [-0.39, 0.29) is 17.8 Å². The molecule has 4 rings (SSSR count). The molecule has 1 aromatic rings. The number of methoxy groups -OCH3 is 3. The van der Waals surface area contributed by atoms with Crippen LogP contribution in [0.1, 0.15) is 219 Å². The summed E-state index contributed by atoms with van der Waals surface area (Å²) in [5.74, 6) is 1.94. The molecule has 56 heavy (non-hydrogen) atoms. The number of phenols is 1. The summed E-state index contributed by atoms with van der Waals surface area (Å²) in [7, 11) is 5.05. The molecule has 0 saturated carbocycles. The Morgan fingerprint density at radius 2 is 1.21 bits per heavy atom. The zero-order chi connectivity index (χ0) is 47.0. The molecule has 7 heteroatoms. The van der Waals surface area contributed by atoms with Gasteiger partial charge in [0.15, 0.2) is 0 Å². The maximum atomic E-state index is 12.6. The van der Waals surface area contributed by atoms with Crippen molar-refractivity contribution in [2.75, 3.05) is 34.5 Å². The summed E-state index contributed by atoms with van der Waals surface area (Å²) in [5.41, 5.74) is 4.01. The maximum Gasteiger partial charge on any atom is 0.260 e. The number of carbonyl (C=O) groups is 1. The lowest BCUT2D eigenvalue weighted by Crippen LogP contribution is -2.51. The Bertz CT molecular complexity index is 987. The first-order valence-corrected chi connectivity index (χ1v) is 23.1. The summed E-state index contributed by atoms with van der Waals surface area (Å²) < 4.78 is 21.7. The molecule has 1 fully saturated rings. The van der Waals surface area contributed by atoms with Crippen LogP contribution in [0.4, 0.5) is 0 Å². The lowest BCUT2D eigenvalue weighted by molar-refractivity contribution is -0.0569. The summed E-state index contributed by atoms with van der Waals surface area (Å²) in [6.45, 7) is 53.2. The number of aromatic hydroxyl groups is 1. The van der Waals surface area contributed by atoms with E-state index in [1.54, 1.807) is 26.2 Å². The minimum absolute atomic E-state index is 0.00903. The molecule has 1 amide bonds. The predicted molar refractivity (Wildman–Crippen MR) is 256 cm³/mol. The topological polar surface area (TPSA) is 77.5 Å². The Balaban J connectivity index is -0.0000000771. The number of nitrogens with zero attached hydrogens (tertiary/aromatic N) is 1. The highest BCUT2D eigenvalue weighted by Crippen LogP contribution is 2.40. The number of amides is 1. The van der Waals surface area contributed by atoms with Crippen molar-refractivity contribution >= 4 is 5.91 Å². The standard InChI is InChI=1S/C16H21NO3.C11H18O3.11C2H6/c1-4-5-11-8-12-9-16(3)17(6-7-20-16)15(19)13(12)14(18)10(11)2;1-5-8-6-10(13-3)11(14-4)7-9(8)12-2;11*1-2/h8,18H,4-7,9H2,1-3H3;6,11H,5,7H2,1-4H3;11*1-2H3. The quantitative estimate of drug-likeness (QED) is 0.309. The molecule has 1 saturated heterocycles. The van der Waals surface area contributed by atoms with Crippen molar-refractivity contribution in [1.29, 1.82) is 0 Å². The first-order chi connectivity index (χ1) is 27.2. The van der Waals surface area contributed by atoms with E-state index in [4.69, 9.17) is 18.9 Å². The molecule has 0 aromatic heterocycles. The van der Waals surface area contributed by atoms with E-state index in [1.807, 2.05) is 172 Å². The zero-order valence-electron chi connectivity index (χ0n) is 43.6. The maximum absolute atomic E-state index is 12.6. The van der Waals surface area contributed by atoms with Crippen LogP contribution >= 0.6 is 0 Å². The third kappa shape index (κ3) is 26.4. The van der Waals surface area contributed by atoms with Gasteiger partial charge < -0.3 is 29.0 Å². The number of hydrogen-bond donors (Lipinski definition) is 1. The van der Waals surface area contributed by atoms with Gasteiger partial charge in [-0.25, -0.2) is 0 Å². The van der Waals surface area contributed by atoms with Gasteiger partial charge in [-0.05, 0) is 55.0 Å². The highest BCUT2D eigenvalue weighted by Gasteiger charge is 2.47. The van der Waals surface area contributed by atoms with Crippen LogP contribution in [-0.4, -0.2) is 62.2 Å². The fourth-order valence-electron chi connectivity index (χ4n) is 5.06. The smallest absolute Gasteiger partial charge is 0.260 e. The van der Waals surface area contributed by atoms with Crippen molar-refractivity contribution in [2.45, 2.75) is 224 Å². The predicted octanol–water partition coefficient (Wildman–Crippen LogP) is 15.9. The molecule has 2 heterocycles. The van der Waals surface area contributed by atoms with Gasteiger partial charge in [-0.1, -0.05) is 179 Å². The second-order valence-corrected chi connectivity index (χ2v) is 9.14. The Morgan fingerprint density at radius 1 is 0.768 bits per heavy atom. The van der Waals surface area contributed by atoms with Gasteiger partial charge >= 0.3 is 0 Å². The molecule has 1 N–H and O–H groups in total. The van der Waals surface area contributed by atoms with Crippen LogP contribution in [0.2, 0.25) is 0 Å². The fourth-order valence-corrected chi connectivity index (χ4v) is 5.06. The zero-order valence-corrected chi connectivity index (χ0v) is 43.6. The molecule has 2 aliphatic heterocycles. The number of hydrogen-bond acceptors (Lipinski definition) is 6. The second kappa shape index (κ2) is 56.8. The summed E-state index contributed by atoms with van der Waals surface area (Å²) in [4.78, 5) is 14.4. The van der Waals surface area contributed by atoms with Crippen molar-refractivity contribution in [3.8, 4) is 5.75 Å². The van der Waals surface area contributed by atoms with Crippen LogP contribution in [0.15, 0.2) is 29.2 Å². The molecule has 7 nitrogen and oxygen atoms in total. The summed E-state index contributed by atoms with van der Waals surface area (Å²) in [6, 6.07) is 2.08. The lowest BCUT2D eigenvalue weighted by atomic mass is 9.87. The monoisotopic (exact) mass is 804 g/mol. The van der Waals surface area contributed by atoms with Crippen molar-refractivity contribution in [2.24, 2.45) is 0 Å². The highest BCUT2D eigenvalue weighted by atomic mass is 16.5. The minimum Gasteiger partial charge on any atom is -0.507 e. The van der Waals surface area contributed by atoms with E-state index in [0.717, 1.165) is 53.9 Å². The van der Waals surface area contributed by atoms with Crippen LogP contribution < -0.4 is 0 Å². The van der Waals surface area contributed by atoms with E-state index in [9.17, 15) is 9.90 Å². The van der Waals surface area contributed by atoms with Gasteiger partial charge in [-0.2, -0.15) is 0 Å². The van der Waals surface area contributed by atoms with E-state index in [1.165, 1.54) is 5.57 Å². The van der Waals surface area contributed by atoms with Crippen LogP contribution in [0.5, 0.6) is 5.75 Å². The highest BCUT2D eigenvalue weighted by molar-refractivity contribution is 6.00. The van der Waals surface area contributed by atoms with Gasteiger partial charge in [0.1, 0.15) is 29.1 Å². The van der Waals surface area contributed by atoms with Gasteiger partial charge in [0.2, 0.25) is 0 Å². The summed E-state index contributed by atoms with van der Waals surface area (Å²) >= 11 is 0. The molecule has 342 valence electrons. The van der Waals surface area contributed by atoms with E-state index < -0.39 is 5.72 Å². The number of carbonyl (C=O) groups excluding carboxylic acids is 1. The molecule has 0 bridgehead atoms. The Labute approximate surface area is 354 Å². The van der Waals surface area contributed by atoms with Crippen LogP contribution in [0, 0.1) is 6.92 Å². The average molecular weight is 804 g/mol. The van der Waals surface area contributed by atoms with Gasteiger partial charge in [0, 0.05) is 26.5 Å². The van der Waals surface area contributed by atoms with Crippen molar-refractivity contribution in [3.63, 3.8) is 0 Å². The minimum atomic E-state index is -0.546. The summed E-state index contributed by atoms with van der Waals surface area (Å²) in [5, 5.41) is 10.4. The molecule has 2 atom stereocenters. The fraction of sp³-hybridized carbons (Fsp3) is 0.776. The Morgan fingerprint density at radius 3 is 1.57 bits per heavy atom. The molecule has 3 aliphatic rings. The number of allylic oxidation sites excluding steroid dienone is 2. The SMILES string of the molecule is CC.CC.CC.CC.CC.CC.CC.CC.CC.CC.CC.CCC1=C(OC)CC(OC)C(OC)=C1.CCCc1cc2c(c(O)c1C)C(=O)N1CCOC1(C)C2. The first-order valence-electron chi connectivity index (χ1n) is 23.1. The Kier molecular flexibility index (Phi) is 75.5. The van der Waals surface area contributed by atoms with E-state index >= 15 is 0 Å². The van der Waals surface area contributed by atoms with Crippen molar-refractivity contribution in [3.05, 3.63) is 51.5 Å². The van der Waals surface area contributed by atoms with Gasteiger partial charge in [0.25, 0.3) is 5.91 Å². The van der Waals surface area contributed by atoms with Crippen molar-refractivity contribution < 1.29 is 28.8 Å². The van der Waals surface area contributed by atoms with Crippen molar-refractivity contribution in [1.82, 2.24) is 4.90 Å². The molecule has 0 radical (unpaired) electrons. The van der Waals surface area contributed by atoms with Gasteiger partial charge in [0.05, 0.1) is 26.4 Å². The molecule has 0 spiro atoms. The van der Waals surface area contributed by atoms with Gasteiger partial charge in [-0.15, -0.1) is 0 Å². The molecular formula is C49H105NO6. The van der Waals surface area contributed by atoms with E-state index in [0.29, 0.717) is 25.1 Å². The van der Waals surface area contributed by atoms with Crippen LogP contribution in [0.25, 0.3) is 0 Å². The Hall–Kier alpha value is -2.51. The first kappa shape index (κ1) is 74.5.